The zero-order valence-corrected chi connectivity index (χ0v) is 11.7. The third kappa shape index (κ3) is 2.74. The fraction of sp³-hybridized carbons (Fsp3) is 0.375. The summed E-state index contributed by atoms with van der Waals surface area (Å²) in [5.74, 6) is 0.682. The van der Waals surface area contributed by atoms with Crippen molar-refractivity contribution in [3.8, 4) is 0 Å². The van der Waals surface area contributed by atoms with Crippen LogP contribution in [0.1, 0.15) is 35.1 Å². The summed E-state index contributed by atoms with van der Waals surface area (Å²) in [6.45, 7) is 1.91. The van der Waals surface area contributed by atoms with Crippen molar-refractivity contribution in [1.29, 1.82) is 0 Å². The molecule has 0 fully saturated rings. The minimum atomic E-state index is -0.00638. The smallest absolute Gasteiger partial charge is 0.229 e. The Morgan fingerprint density at radius 1 is 1.30 bits per heavy atom. The molecular formula is C16H19N3O. The van der Waals surface area contributed by atoms with Gasteiger partial charge in [0.25, 0.3) is 0 Å². The standard InChI is InChI=1S/C16H19N3O/c1-11-10-17-19-16(11)18-15(20)9-12-6-7-13-4-2-3-5-14(13)8-12/h6-8,10H,2-5,9H2,1H3,(H2,17,18,19,20). The van der Waals surface area contributed by atoms with E-state index >= 15 is 0 Å². The molecular weight excluding hydrogens is 250 g/mol. The zero-order valence-electron chi connectivity index (χ0n) is 11.7. The summed E-state index contributed by atoms with van der Waals surface area (Å²) >= 11 is 0. The molecule has 1 aliphatic rings. The van der Waals surface area contributed by atoms with Gasteiger partial charge >= 0.3 is 0 Å². The molecule has 3 rings (SSSR count). The van der Waals surface area contributed by atoms with Crippen molar-refractivity contribution < 1.29 is 4.79 Å². The number of nitrogens with zero attached hydrogens (tertiary/aromatic N) is 1. The van der Waals surface area contributed by atoms with E-state index in [2.05, 4.69) is 33.7 Å². The number of aromatic nitrogens is 2. The number of rotatable bonds is 3. The Balaban J connectivity index is 1.68. The molecule has 0 bridgehead atoms. The molecule has 0 spiro atoms. The predicted molar refractivity (Wildman–Crippen MR) is 78.7 cm³/mol. The first-order valence-electron chi connectivity index (χ1n) is 7.13. The highest BCUT2D eigenvalue weighted by Gasteiger charge is 2.12. The summed E-state index contributed by atoms with van der Waals surface area (Å²) in [5, 5.41) is 9.55. The Morgan fingerprint density at radius 2 is 2.10 bits per heavy atom. The van der Waals surface area contributed by atoms with Gasteiger partial charge in [-0.25, -0.2) is 0 Å². The van der Waals surface area contributed by atoms with Crippen molar-refractivity contribution >= 4 is 11.7 Å². The van der Waals surface area contributed by atoms with E-state index in [1.54, 1.807) is 6.20 Å². The van der Waals surface area contributed by atoms with Gasteiger partial charge in [-0.1, -0.05) is 18.2 Å². The molecule has 2 aromatic rings. The number of hydrogen-bond donors (Lipinski definition) is 2. The van der Waals surface area contributed by atoms with E-state index in [1.807, 2.05) is 6.92 Å². The molecule has 0 radical (unpaired) electrons. The van der Waals surface area contributed by atoms with Crippen LogP contribution in [0.25, 0.3) is 0 Å². The van der Waals surface area contributed by atoms with Gasteiger partial charge in [-0.3, -0.25) is 9.89 Å². The van der Waals surface area contributed by atoms with Gasteiger partial charge in [0.15, 0.2) is 0 Å². The Bertz CT molecular complexity index is 630. The number of H-pyrrole nitrogens is 1. The summed E-state index contributed by atoms with van der Waals surface area (Å²) in [6, 6.07) is 6.44. The largest absolute Gasteiger partial charge is 0.311 e. The second-order valence-electron chi connectivity index (χ2n) is 5.46. The van der Waals surface area contributed by atoms with Crippen molar-refractivity contribution in [2.75, 3.05) is 5.32 Å². The maximum atomic E-state index is 12.0. The van der Waals surface area contributed by atoms with Gasteiger partial charge in [0, 0.05) is 5.56 Å². The lowest BCUT2D eigenvalue weighted by atomic mass is 9.90. The number of anilines is 1. The second-order valence-corrected chi connectivity index (χ2v) is 5.46. The third-order valence-corrected chi connectivity index (χ3v) is 3.87. The first kappa shape index (κ1) is 12.9. The second kappa shape index (κ2) is 5.49. The molecule has 20 heavy (non-hydrogen) atoms. The summed E-state index contributed by atoms with van der Waals surface area (Å²) in [7, 11) is 0. The van der Waals surface area contributed by atoms with Crippen molar-refractivity contribution in [3.63, 3.8) is 0 Å². The molecule has 1 heterocycles. The van der Waals surface area contributed by atoms with Crippen molar-refractivity contribution in [2.45, 2.75) is 39.0 Å². The van der Waals surface area contributed by atoms with Crippen molar-refractivity contribution in [1.82, 2.24) is 10.2 Å². The van der Waals surface area contributed by atoms with Crippen LogP contribution < -0.4 is 5.32 Å². The fourth-order valence-electron chi connectivity index (χ4n) is 2.74. The maximum absolute atomic E-state index is 12.0. The highest BCUT2D eigenvalue weighted by atomic mass is 16.1. The van der Waals surface area contributed by atoms with Crippen LogP contribution in [0.3, 0.4) is 0 Å². The molecule has 4 heteroatoms. The minimum absolute atomic E-state index is 0.00638. The van der Waals surface area contributed by atoms with Gasteiger partial charge in [0.05, 0.1) is 12.6 Å². The molecule has 0 saturated carbocycles. The van der Waals surface area contributed by atoms with Gasteiger partial charge in [0.1, 0.15) is 5.82 Å². The van der Waals surface area contributed by atoms with Crippen LogP contribution in [0.5, 0.6) is 0 Å². The number of carbonyl (C=O) groups is 1. The van der Waals surface area contributed by atoms with E-state index in [0.29, 0.717) is 12.2 Å². The molecule has 1 aromatic heterocycles. The number of amides is 1. The molecule has 0 aliphatic heterocycles. The van der Waals surface area contributed by atoms with Crippen LogP contribution in [0.4, 0.5) is 5.82 Å². The number of fused-ring (bicyclic) bond motifs is 1. The lowest BCUT2D eigenvalue weighted by Crippen LogP contribution is -2.16. The Morgan fingerprint density at radius 3 is 2.85 bits per heavy atom. The van der Waals surface area contributed by atoms with Gasteiger partial charge in [-0.05, 0) is 49.3 Å². The average molecular weight is 269 g/mol. The quantitative estimate of drug-likeness (QED) is 0.900. The monoisotopic (exact) mass is 269 g/mol. The lowest BCUT2D eigenvalue weighted by Gasteiger charge is -2.16. The Labute approximate surface area is 118 Å². The van der Waals surface area contributed by atoms with E-state index in [1.165, 1.54) is 30.4 Å². The first-order valence-corrected chi connectivity index (χ1v) is 7.13. The molecule has 0 saturated heterocycles. The molecule has 1 aromatic carbocycles. The molecule has 2 N–H and O–H groups in total. The molecule has 0 unspecified atom stereocenters. The normalized spacial score (nSPS) is 13.8. The number of benzene rings is 1. The van der Waals surface area contributed by atoms with Crippen molar-refractivity contribution in [2.24, 2.45) is 0 Å². The number of aromatic amines is 1. The highest BCUT2D eigenvalue weighted by molar-refractivity contribution is 5.91. The number of carbonyl (C=O) groups excluding carboxylic acids is 1. The van der Waals surface area contributed by atoms with E-state index in [0.717, 1.165) is 17.5 Å². The number of aryl methyl sites for hydroxylation is 3. The van der Waals surface area contributed by atoms with Crippen LogP contribution in [0.15, 0.2) is 24.4 Å². The summed E-state index contributed by atoms with van der Waals surface area (Å²) in [6.07, 6.45) is 6.97. The Kier molecular flexibility index (Phi) is 3.54. The third-order valence-electron chi connectivity index (χ3n) is 3.87. The number of hydrogen-bond acceptors (Lipinski definition) is 2. The van der Waals surface area contributed by atoms with Crippen LogP contribution in [0.2, 0.25) is 0 Å². The lowest BCUT2D eigenvalue weighted by molar-refractivity contribution is -0.115. The van der Waals surface area contributed by atoms with E-state index < -0.39 is 0 Å². The van der Waals surface area contributed by atoms with Crippen LogP contribution >= 0.6 is 0 Å². The minimum Gasteiger partial charge on any atom is -0.311 e. The van der Waals surface area contributed by atoms with Gasteiger partial charge in [0.2, 0.25) is 5.91 Å². The van der Waals surface area contributed by atoms with Gasteiger partial charge in [-0.2, -0.15) is 5.10 Å². The van der Waals surface area contributed by atoms with E-state index in [-0.39, 0.29) is 5.91 Å². The first-order chi connectivity index (χ1) is 9.72. The van der Waals surface area contributed by atoms with Crippen LogP contribution in [-0.2, 0) is 24.1 Å². The zero-order chi connectivity index (χ0) is 13.9. The maximum Gasteiger partial charge on any atom is 0.229 e. The molecule has 0 atom stereocenters. The summed E-state index contributed by atoms with van der Waals surface area (Å²) in [4.78, 5) is 12.0. The Hall–Kier alpha value is -2.10. The molecule has 4 nitrogen and oxygen atoms in total. The van der Waals surface area contributed by atoms with Gasteiger partial charge in [-0.15, -0.1) is 0 Å². The molecule has 1 aliphatic carbocycles. The fourth-order valence-corrected chi connectivity index (χ4v) is 2.74. The average Bonchev–Trinajstić information content (AvgIpc) is 2.84. The molecule has 1 amide bonds. The topological polar surface area (TPSA) is 57.8 Å². The highest BCUT2D eigenvalue weighted by Crippen LogP contribution is 2.22. The van der Waals surface area contributed by atoms with Gasteiger partial charge < -0.3 is 5.32 Å². The molecule has 104 valence electrons. The van der Waals surface area contributed by atoms with Crippen LogP contribution in [0, 0.1) is 6.92 Å². The summed E-state index contributed by atoms with van der Waals surface area (Å²) in [5.41, 5.74) is 4.90. The van der Waals surface area contributed by atoms with Crippen LogP contribution in [-0.4, -0.2) is 16.1 Å². The number of nitrogens with one attached hydrogen (secondary N) is 2. The van der Waals surface area contributed by atoms with E-state index in [9.17, 15) is 4.79 Å². The SMILES string of the molecule is Cc1cn[nH]c1NC(=O)Cc1ccc2c(c1)CCCC2. The summed E-state index contributed by atoms with van der Waals surface area (Å²) < 4.78 is 0. The van der Waals surface area contributed by atoms with E-state index in [4.69, 9.17) is 0 Å². The predicted octanol–water partition coefficient (Wildman–Crippen LogP) is 2.78. The van der Waals surface area contributed by atoms with Crippen molar-refractivity contribution in [3.05, 3.63) is 46.6 Å².